The fraction of sp³-hybridized carbons (Fsp3) is 0.550. The lowest BCUT2D eigenvalue weighted by Gasteiger charge is -2.29. The first-order chi connectivity index (χ1) is 12.6. The molecule has 2 saturated heterocycles. The summed E-state index contributed by atoms with van der Waals surface area (Å²) in [4.78, 5) is 31.5. The van der Waals surface area contributed by atoms with Crippen molar-refractivity contribution < 1.29 is 9.59 Å². The van der Waals surface area contributed by atoms with E-state index in [4.69, 9.17) is 0 Å². The van der Waals surface area contributed by atoms with Gasteiger partial charge in [-0.05, 0) is 51.4 Å². The predicted octanol–water partition coefficient (Wildman–Crippen LogP) is 1.72. The SMILES string of the molecule is CC(C(=O)N1CCCN(C(=O)c2ccccc2C#N)CC1)N1CCCC1. The van der Waals surface area contributed by atoms with E-state index in [1.54, 1.807) is 29.2 Å². The molecule has 1 atom stereocenters. The molecule has 2 fully saturated rings. The summed E-state index contributed by atoms with van der Waals surface area (Å²) < 4.78 is 0. The molecule has 6 heteroatoms. The van der Waals surface area contributed by atoms with Gasteiger partial charge in [0.25, 0.3) is 5.91 Å². The second kappa shape index (κ2) is 8.33. The molecule has 1 aromatic carbocycles. The van der Waals surface area contributed by atoms with Crippen LogP contribution in [0, 0.1) is 11.3 Å². The van der Waals surface area contributed by atoms with Gasteiger partial charge in [-0.2, -0.15) is 5.26 Å². The van der Waals surface area contributed by atoms with Crippen molar-refractivity contribution in [1.82, 2.24) is 14.7 Å². The molecule has 0 radical (unpaired) electrons. The standard InChI is InChI=1S/C20H26N4O2/c1-16(22-9-4-5-10-22)19(25)23-11-6-12-24(14-13-23)20(26)18-8-3-2-7-17(18)15-21/h2-3,7-8,16H,4-6,9-14H2,1H3. The van der Waals surface area contributed by atoms with Crippen LogP contribution in [0.3, 0.4) is 0 Å². The minimum atomic E-state index is -0.121. The lowest BCUT2D eigenvalue weighted by atomic mass is 10.1. The normalized spacial score (nSPS) is 19.7. The topological polar surface area (TPSA) is 67.6 Å². The minimum Gasteiger partial charge on any atom is -0.340 e. The van der Waals surface area contributed by atoms with Gasteiger partial charge in [-0.3, -0.25) is 14.5 Å². The summed E-state index contributed by atoms with van der Waals surface area (Å²) in [5.41, 5.74) is 0.845. The highest BCUT2D eigenvalue weighted by Crippen LogP contribution is 2.16. The Hall–Kier alpha value is -2.39. The van der Waals surface area contributed by atoms with E-state index in [2.05, 4.69) is 11.0 Å². The second-order valence-corrected chi connectivity index (χ2v) is 7.05. The number of likely N-dealkylation sites (tertiary alicyclic amines) is 1. The Bertz CT molecular complexity index is 706. The fourth-order valence-corrected chi connectivity index (χ4v) is 3.83. The van der Waals surface area contributed by atoms with Crippen LogP contribution < -0.4 is 0 Å². The average molecular weight is 354 g/mol. The van der Waals surface area contributed by atoms with Gasteiger partial charge in [0.2, 0.25) is 5.91 Å². The van der Waals surface area contributed by atoms with E-state index in [1.807, 2.05) is 11.8 Å². The third kappa shape index (κ3) is 3.88. The van der Waals surface area contributed by atoms with Gasteiger partial charge in [0, 0.05) is 26.2 Å². The van der Waals surface area contributed by atoms with E-state index in [9.17, 15) is 14.9 Å². The van der Waals surface area contributed by atoms with E-state index in [0.29, 0.717) is 37.3 Å². The molecule has 0 bridgehead atoms. The summed E-state index contributed by atoms with van der Waals surface area (Å²) >= 11 is 0. The number of nitriles is 1. The van der Waals surface area contributed by atoms with Crippen LogP contribution in [-0.4, -0.2) is 71.8 Å². The molecule has 2 aliphatic rings. The fourth-order valence-electron chi connectivity index (χ4n) is 3.83. The van der Waals surface area contributed by atoms with Gasteiger partial charge in [0.1, 0.15) is 0 Å². The monoisotopic (exact) mass is 354 g/mol. The van der Waals surface area contributed by atoms with Gasteiger partial charge in [0.05, 0.1) is 23.2 Å². The summed E-state index contributed by atoms with van der Waals surface area (Å²) in [6.07, 6.45) is 3.09. The zero-order valence-electron chi connectivity index (χ0n) is 15.4. The number of hydrogen-bond acceptors (Lipinski definition) is 4. The molecule has 1 aromatic rings. The molecular weight excluding hydrogens is 328 g/mol. The Morgan fingerprint density at radius 2 is 1.62 bits per heavy atom. The molecule has 138 valence electrons. The van der Waals surface area contributed by atoms with E-state index >= 15 is 0 Å². The first-order valence-electron chi connectivity index (χ1n) is 9.43. The minimum absolute atomic E-state index is 0.0842. The average Bonchev–Trinajstić information content (AvgIpc) is 3.11. The molecule has 2 heterocycles. The maximum Gasteiger partial charge on any atom is 0.255 e. The summed E-state index contributed by atoms with van der Waals surface area (Å²) in [7, 11) is 0. The number of amides is 2. The Morgan fingerprint density at radius 3 is 2.35 bits per heavy atom. The Kier molecular flexibility index (Phi) is 5.89. The van der Waals surface area contributed by atoms with Crippen molar-refractivity contribution in [2.24, 2.45) is 0 Å². The van der Waals surface area contributed by atoms with Gasteiger partial charge >= 0.3 is 0 Å². The lowest BCUT2D eigenvalue weighted by molar-refractivity contribution is -0.135. The predicted molar refractivity (Wildman–Crippen MR) is 98.5 cm³/mol. The molecule has 0 aliphatic carbocycles. The van der Waals surface area contributed by atoms with Crippen LogP contribution in [0.1, 0.15) is 42.1 Å². The highest BCUT2D eigenvalue weighted by Gasteiger charge is 2.30. The van der Waals surface area contributed by atoms with E-state index in [0.717, 1.165) is 32.4 Å². The van der Waals surface area contributed by atoms with Crippen LogP contribution in [0.25, 0.3) is 0 Å². The van der Waals surface area contributed by atoms with Crippen LogP contribution in [0.5, 0.6) is 0 Å². The van der Waals surface area contributed by atoms with Crippen molar-refractivity contribution in [2.45, 2.75) is 32.2 Å². The molecular formula is C20H26N4O2. The zero-order valence-corrected chi connectivity index (χ0v) is 15.4. The smallest absolute Gasteiger partial charge is 0.255 e. The molecule has 0 saturated carbocycles. The second-order valence-electron chi connectivity index (χ2n) is 7.05. The van der Waals surface area contributed by atoms with Crippen molar-refractivity contribution in [3.05, 3.63) is 35.4 Å². The van der Waals surface area contributed by atoms with Gasteiger partial charge in [-0.25, -0.2) is 0 Å². The van der Waals surface area contributed by atoms with Crippen LogP contribution in [0.4, 0.5) is 0 Å². The summed E-state index contributed by atoms with van der Waals surface area (Å²) in [5, 5.41) is 9.22. The number of carbonyl (C=O) groups is 2. The summed E-state index contributed by atoms with van der Waals surface area (Å²) in [6, 6.07) is 8.91. The highest BCUT2D eigenvalue weighted by atomic mass is 16.2. The molecule has 0 aromatic heterocycles. The van der Waals surface area contributed by atoms with Crippen LogP contribution >= 0.6 is 0 Å². The van der Waals surface area contributed by atoms with Gasteiger partial charge in [0.15, 0.2) is 0 Å². The Balaban J connectivity index is 1.63. The molecule has 3 rings (SSSR count). The number of benzene rings is 1. The third-order valence-electron chi connectivity index (χ3n) is 5.42. The molecule has 26 heavy (non-hydrogen) atoms. The number of hydrogen-bond donors (Lipinski definition) is 0. The van der Waals surface area contributed by atoms with Crippen LogP contribution in [-0.2, 0) is 4.79 Å². The molecule has 2 aliphatic heterocycles. The lowest BCUT2D eigenvalue weighted by Crippen LogP contribution is -2.47. The maximum atomic E-state index is 12.8. The quantitative estimate of drug-likeness (QED) is 0.829. The maximum absolute atomic E-state index is 12.8. The summed E-state index contributed by atoms with van der Waals surface area (Å²) in [6.45, 7) is 6.34. The van der Waals surface area contributed by atoms with Crippen molar-refractivity contribution in [3.63, 3.8) is 0 Å². The molecule has 0 spiro atoms. The van der Waals surface area contributed by atoms with Gasteiger partial charge < -0.3 is 9.80 Å². The molecule has 6 nitrogen and oxygen atoms in total. The number of nitrogens with zero attached hydrogens (tertiary/aromatic N) is 4. The van der Waals surface area contributed by atoms with Crippen LogP contribution in [0.2, 0.25) is 0 Å². The third-order valence-corrected chi connectivity index (χ3v) is 5.42. The number of carbonyl (C=O) groups excluding carboxylic acids is 2. The number of rotatable bonds is 3. The Morgan fingerprint density at radius 1 is 0.962 bits per heavy atom. The Labute approximate surface area is 155 Å². The first-order valence-corrected chi connectivity index (χ1v) is 9.43. The van der Waals surface area contributed by atoms with E-state index in [-0.39, 0.29) is 17.9 Å². The molecule has 1 unspecified atom stereocenters. The molecule has 0 N–H and O–H groups in total. The highest BCUT2D eigenvalue weighted by molar-refractivity contribution is 5.96. The first kappa shape index (κ1) is 18.4. The van der Waals surface area contributed by atoms with Gasteiger partial charge in [-0.15, -0.1) is 0 Å². The molecule has 2 amide bonds. The van der Waals surface area contributed by atoms with Crippen molar-refractivity contribution >= 4 is 11.8 Å². The largest absolute Gasteiger partial charge is 0.340 e. The van der Waals surface area contributed by atoms with Crippen molar-refractivity contribution in [2.75, 3.05) is 39.3 Å². The van der Waals surface area contributed by atoms with Crippen molar-refractivity contribution in [3.8, 4) is 6.07 Å². The van der Waals surface area contributed by atoms with E-state index in [1.165, 1.54) is 0 Å². The van der Waals surface area contributed by atoms with Crippen molar-refractivity contribution in [1.29, 1.82) is 5.26 Å². The zero-order chi connectivity index (χ0) is 18.5. The van der Waals surface area contributed by atoms with E-state index < -0.39 is 0 Å². The van der Waals surface area contributed by atoms with Gasteiger partial charge in [-0.1, -0.05) is 12.1 Å². The summed E-state index contributed by atoms with van der Waals surface area (Å²) in [5.74, 6) is 0.0441. The van der Waals surface area contributed by atoms with Crippen LogP contribution in [0.15, 0.2) is 24.3 Å².